The van der Waals surface area contributed by atoms with E-state index < -0.39 is 0 Å². The Hall–Kier alpha value is -1.68. The van der Waals surface area contributed by atoms with Gasteiger partial charge in [-0.3, -0.25) is 4.79 Å². The van der Waals surface area contributed by atoms with Crippen LogP contribution in [0.3, 0.4) is 0 Å². The summed E-state index contributed by atoms with van der Waals surface area (Å²) in [5.41, 5.74) is 2.11. The fourth-order valence-corrected chi connectivity index (χ4v) is 3.33. The highest BCUT2D eigenvalue weighted by Crippen LogP contribution is 2.42. The summed E-state index contributed by atoms with van der Waals surface area (Å²) in [4.78, 5) is 17.5. The lowest BCUT2D eigenvalue weighted by Crippen LogP contribution is -2.25. The molecule has 104 valence electrons. The van der Waals surface area contributed by atoms with Crippen LogP contribution < -0.4 is 5.32 Å². The van der Waals surface area contributed by atoms with Gasteiger partial charge in [0.1, 0.15) is 4.88 Å². The number of nitrogens with one attached hydrogen (secondary N) is 1. The summed E-state index contributed by atoms with van der Waals surface area (Å²) >= 11 is 1.56. The number of hydrogen-bond donors (Lipinski definition) is 1. The number of thiazole rings is 1. The van der Waals surface area contributed by atoms with Crippen LogP contribution in [0.1, 0.15) is 44.7 Å². The van der Waals surface area contributed by atoms with E-state index in [0.29, 0.717) is 12.5 Å². The number of carbonyl (C=O) groups excluding carboxylic acids is 1. The van der Waals surface area contributed by atoms with Crippen molar-refractivity contribution in [2.24, 2.45) is 0 Å². The number of amides is 1. The van der Waals surface area contributed by atoms with Crippen molar-refractivity contribution in [1.82, 2.24) is 10.3 Å². The number of aryl methyl sites for hydroxylation is 1. The molecule has 1 saturated carbocycles. The Morgan fingerprint density at radius 1 is 1.35 bits per heavy atom. The van der Waals surface area contributed by atoms with Crippen molar-refractivity contribution >= 4 is 17.2 Å². The highest BCUT2D eigenvalue weighted by molar-refractivity contribution is 7.13. The van der Waals surface area contributed by atoms with Gasteiger partial charge >= 0.3 is 0 Å². The van der Waals surface area contributed by atoms with Gasteiger partial charge in [-0.25, -0.2) is 4.98 Å². The lowest BCUT2D eigenvalue weighted by Gasteiger charge is -2.04. The first-order valence-electron chi connectivity index (χ1n) is 7.03. The lowest BCUT2D eigenvalue weighted by atomic mass is 10.1. The molecule has 1 heterocycles. The predicted molar refractivity (Wildman–Crippen MR) is 81.3 cm³/mol. The van der Waals surface area contributed by atoms with Gasteiger partial charge in [-0.05, 0) is 31.7 Å². The van der Waals surface area contributed by atoms with Crippen molar-refractivity contribution in [3.8, 4) is 0 Å². The van der Waals surface area contributed by atoms with Crippen LogP contribution in [0.25, 0.3) is 0 Å². The molecule has 1 aliphatic carbocycles. The Morgan fingerprint density at radius 3 is 2.80 bits per heavy atom. The van der Waals surface area contributed by atoms with Crippen molar-refractivity contribution in [1.29, 1.82) is 0 Å². The normalized spacial score (nSPS) is 14.2. The number of benzene rings is 1. The van der Waals surface area contributed by atoms with E-state index >= 15 is 0 Å². The van der Waals surface area contributed by atoms with Crippen LogP contribution in [0, 0.1) is 6.92 Å². The SMILES string of the molecule is Cc1nc(C2CC2)sc1C(=O)NCCc1ccccc1. The van der Waals surface area contributed by atoms with Gasteiger partial charge in [0.15, 0.2) is 0 Å². The molecule has 0 aliphatic heterocycles. The molecule has 3 nitrogen and oxygen atoms in total. The zero-order valence-corrected chi connectivity index (χ0v) is 12.4. The summed E-state index contributed by atoms with van der Waals surface area (Å²) in [5, 5.41) is 4.13. The van der Waals surface area contributed by atoms with Crippen LogP contribution in [-0.4, -0.2) is 17.4 Å². The molecule has 1 fully saturated rings. The third-order valence-electron chi connectivity index (χ3n) is 3.49. The first-order chi connectivity index (χ1) is 9.74. The Kier molecular flexibility index (Phi) is 3.83. The molecule has 0 bridgehead atoms. The van der Waals surface area contributed by atoms with Crippen molar-refractivity contribution < 1.29 is 4.79 Å². The van der Waals surface area contributed by atoms with E-state index in [-0.39, 0.29) is 5.91 Å². The summed E-state index contributed by atoms with van der Waals surface area (Å²) < 4.78 is 0. The average molecular weight is 286 g/mol. The number of nitrogens with zero attached hydrogens (tertiary/aromatic N) is 1. The first kappa shape index (κ1) is 13.3. The molecule has 3 rings (SSSR count). The van der Waals surface area contributed by atoms with E-state index in [1.165, 1.54) is 18.4 Å². The van der Waals surface area contributed by atoms with Gasteiger partial charge < -0.3 is 5.32 Å². The Bertz CT molecular complexity index is 602. The molecule has 2 aromatic rings. The second-order valence-electron chi connectivity index (χ2n) is 5.23. The van der Waals surface area contributed by atoms with Crippen LogP contribution in [0.5, 0.6) is 0 Å². The van der Waals surface area contributed by atoms with Crippen LogP contribution in [-0.2, 0) is 6.42 Å². The van der Waals surface area contributed by atoms with Crippen LogP contribution in [0.15, 0.2) is 30.3 Å². The second kappa shape index (κ2) is 5.75. The Labute approximate surface area is 123 Å². The summed E-state index contributed by atoms with van der Waals surface area (Å²) in [6.07, 6.45) is 3.31. The minimum absolute atomic E-state index is 0.0165. The van der Waals surface area contributed by atoms with E-state index in [1.807, 2.05) is 25.1 Å². The summed E-state index contributed by atoms with van der Waals surface area (Å²) in [5.74, 6) is 0.632. The lowest BCUT2D eigenvalue weighted by molar-refractivity contribution is 0.0957. The molecular formula is C16H18N2OS. The van der Waals surface area contributed by atoms with E-state index in [2.05, 4.69) is 22.4 Å². The predicted octanol–water partition coefficient (Wildman–Crippen LogP) is 3.30. The number of hydrogen-bond acceptors (Lipinski definition) is 3. The zero-order valence-electron chi connectivity index (χ0n) is 11.6. The number of rotatable bonds is 5. The second-order valence-corrected chi connectivity index (χ2v) is 6.26. The molecule has 0 radical (unpaired) electrons. The molecule has 1 N–H and O–H groups in total. The molecule has 4 heteroatoms. The van der Waals surface area contributed by atoms with Gasteiger partial charge in [-0.2, -0.15) is 0 Å². The standard InChI is InChI=1S/C16H18N2OS/c1-11-14(20-16(18-11)13-7-8-13)15(19)17-10-9-12-5-3-2-4-6-12/h2-6,13H,7-10H2,1H3,(H,17,19). The quantitative estimate of drug-likeness (QED) is 0.916. The molecule has 0 spiro atoms. The van der Waals surface area contributed by atoms with Crippen molar-refractivity contribution in [3.63, 3.8) is 0 Å². The molecule has 20 heavy (non-hydrogen) atoms. The molecule has 1 amide bonds. The average Bonchev–Trinajstić information content (AvgIpc) is 3.23. The maximum atomic E-state index is 12.2. The van der Waals surface area contributed by atoms with E-state index in [1.54, 1.807) is 11.3 Å². The molecule has 0 atom stereocenters. The molecular weight excluding hydrogens is 268 g/mol. The highest BCUT2D eigenvalue weighted by Gasteiger charge is 2.28. The summed E-state index contributed by atoms with van der Waals surface area (Å²) in [6, 6.07) is 10.2. The maximum absolute atomic E-state index is 12.2. The van der Waals surface area contributed by atoms with Gasteiger partial charge in [0.25, 0.3) is 5.91 Å². The highest BCUT2D eigenvalue weighted by atomic mass is 32.1. The van der Waals surface area contributed by atoms with Crippen molar-refractivity contribution in [3.05, 3.63) is 51.5 Å². The monoisotopic (exact) mass is 286 g/mol. The van der Waals surface area contributed by atoms with Crippen molar-refractivity contribution in [2.45, 2.75) is 32.1 Å². The van der Waals surface area contributed by atoms with E-state index in [0.717, 1.165) is 22.0 Å². The van der Waals surface area contributed by atoms with Gasteiger partial charge in [0, 0.05) is 12.5 Å². The van der Waals surface area contributed by atoms with Crippen LogP contribution in [0.4, 0.5) is 0 Å². The molecule has 1 aromatic carbocycles. The van der Waals surface area contributed by atoms with Gasteiger partial charge in [0.05, 0.1) is 10.7 Å². The topological polar surface area (TPSA) is 42.0 Å². The van der Waals surface area contributed by atoms with Gasteiger partial charge in [-0.1, -0.05) is 30.3 Å². The Balaban J connectivity index is 1.56. The first-order valence-corrected chi connectivity index (χ1v) is 7.85. The van der Waals surface area contributed by atoms with Crippen LogP contribution in [0.2, 0.25) is 0 Å². The summed E-state index contributed by atoms with van der Waals surface area (Å²) in [6.45, 7) is 2.59. The molecule has 0 unspecified atom stereocenters. The van der Waals surface area contributed by atoms with E-state index in [9.17, 15) is 4.79 Å². The smallest absolute Gasteiger partial charge is 0.263 e. The molecule has 0 saturated heterocycles. The zero-order chi connectivity index (χ0) is 13.9. The van der Waals surface area contributed by atoms with Crippen LogP contribution >= 0.6 is 11.3 Å². The Morgan fingerprint density at radius 2 is 2.10 bits per heavy atom. The largest absolute Gasteiger partial charge is 0.351 e. The minimum atomic E-state index is 0.0165. The number of carbonyl (C=O) groups is 1. The fraction of sp³-hybridized carbons (Fsp3) is 0.375. The van der Waals surface area contributed by atoms with Crippen molar-refractivity contribution in [2.75, 3.05) is 6.54 Å². The molecule has 1 aliphatic rings. The van der Waals surface area contributed by atoms with Gasteiger partial charge in [0.2, 0.25) is 0 Å². The third-order valence-corrected chi connectivity index (χ3v) is 4.81. The maximum Gasteiger partial charge on any atom is 0.263 e. The van der Waals surface area contributed by atoms with Gasteiger partial charge in [-0.15, -0.1) is 11.3 Å². The third kappa shape index (κ3) is 3.07. The number of aromatic nitrogens is 1. The molecule has 1 aromatic heterocycles. The van der Waals surface area contributed by atoms with E-state index in [4.69, 9.17) is 0 Å². The summed E-state index contributed by atoms with van der Waals surface area (Å²) in [7, 11) is 0. The minimum Gasteiger partial charge on any atom is -0.351 e. The fourth-order valence-electron chi connectivity index (χ4n) is 2.18.